The molecule has 108 valence electrons. The highest BCUT2D eigenvalue weighted by atomic mass is 16.5. The van der Waals surface area contributed by atoms with Crippen LogP contribution in [0.1, 0.15) is 5.69 Å². The topological polar surface area (TPSA) is 87.7 Å². The summed E-state index contributed by atoms with van der Waals surface area (Å²) < 4.78 is 4.93. The number of hydrogen-bond donors (Lipinski definition) is 1. The van der Waals surface area contributed by atoms with E-state index in [-0.39, 0.29) is 25.2 Å². The molecule has 1 N–H and O–H groups in total. The molecular formula is C12H17N5O3. The van der Waals surface area contributed by atoms with Gasteiger partial charge in [0.05, 0.1) is 30.9 Å². The Balaban J connectivity index is 1.94. The number of nitrogens with zero attached hydrogens (tertiary/aromatic N) is 4. The molecule has 8 heteroatoms. The van der Waals surface area contributed by atoms with Crippen LogP contribution in [0, 0.1) is 6.92 Å². The van der Waals surface area contributed by atoms with Crippen LogP contribution >= 0.6 is 0 Å². The van der Waals surface area contributed by atoms with Crippen molar-refractivity contribution >= 4 is 17.6 Å². The number of anilines is 1. The molecule has 0 bridgehead atoms. The highest BCUT2D eigenvalue weighted by Crippen LogP contribution is 2.13. The van der Waals surface area contributed by atoms with Crippen molar-refractivity contribution in [3.63, 3.8) is 0 Å². The summed E-state index contributed by atoms with van der Waals surface area (Å²) in [5.74, 6) is -0.0817. The lowest BCUT2D eigenvalue weighted by Gasteiger charge is -2.18. The van der Waals surface area contributed by atoms with Crippen LogP contribution in [-0.4, -0.2) is 65.4 Å². The molecule has 0 unspecified atom stereocenters. The lowest BCUT2D eigenvalue weighted by atomic mass is 10.3. The second-order valence-corrected chi connectivity index (χ2v) is 4.45. The van der Waals surface area contributed by atoms with Crippen LogP contribution in [0.3, 0.4) is 0 Å². The van der Waals surface area contributed by atoms with E-state index in [0.717, 1.165) is 0 Å². The molecule has 0 spiro atoms. The maximum atomic E-state index is 12.1. The number of rotatable bonds is 4. The number of amides is 3. The summed E-state index contributed by atoms with van der Waals surface area (Å²) >= 11 is 0. The van der Waals surface area contributed by atoms with Crippen LogP contribution in [0.2, 0.25) is 0 Å². The highest BCUT2D eigenvalue weighted by Gasteiger charge is 2.30. The molecular weight excluding hydrogens is 262 g/mol. The van der Waals surface area contributed by atoms with Crippen molar-refractivity contribution in [3.05, 3.63) is 18.0 Å². The lowest BCUT2D eigenvalue weighted by Crippen LogP contribution is -2.35. The van der Waals surface area contributed by atoms with E-state index >= 15 is 0 Å². The molecule has 20 heavy (non-hydrogen) atoms. The zero-order chi connectivity index (χ0) is 14.5. The fourth-order valence-electron chi connectivity index (χ4n) is 1.86. The van der Waals surface area contributed by atoms with Crippen molar-refractivity contribution < 1.29 is 14.3 Å². The number of methoxy groups -OCH3 is 1. The Kier molecular flexibility index (Phi) is 4.46. The molecule has 1 aliphatic heterocycles. The van der Waals surface area contributed by atoms with E-state index < -0.39 is 0 Å². The van der Waals surface area contributed by atoms with E-state index in [9.17, 15) is 9.59 Å². The molecule has 2 rings (SSSR count). The molecule has 8 nitrogen and oxygen atoms in total. The van der Waals surface area contributed by atoms with Gasteiger partial charge in [0.25, 0.3) is 0 Å². The lowest BCUT2D eigenvalue weighted by molar-refractivity contribution is -0.127. The van der Waals surface area contributed by atoms with Gasteiger partial charge in [-0.1, -0.05) is 0 Å². The van der Waals surface area contributed by atoms with Gasteiger partial charge in [-0.05, 0) is 13.0 Å². The summed E-state index contributed by atoms with van der Waals surface area (Å²) in [5, 5.41) is 10.3. The van der Waals surface area contributed by atoms with E-state index in [1.165, 1.54) is 11.1 Å². The summed E-state index contributed by atoms with van der Waals surface area (Å²) in [4.78, 5) is 26.9. The van der Waals surface area contributed by atoms with Gasteiger partial charge in [0.2, 0.25) is 5.91 Å². The van der Waals surface area contributed by atoms with Gasteiger partial charge in [-0.2, -0.15) is 10.2 Å². The minimum absolute atomic E-state index is 0.0765. The fraction of sp³-hybridized carbons (Fsp3) is 0.500. The van der Waals surface area contributed by atoms with Crippen LogP contribution < -0.4 is 5.32 Å². The number of ether oxygens (including phenoxy) is 1. The predicted molar refractivity (Wildman–Crippen MR) is 70.9 cm³/mol. The molecule has 0 aromatic carbocycles. The van der Waals surface area contributed by atoms with Crippen LogP contribution in [0.25, 0.3) is 0 Å². The first-order valence-electron chi connectivity index (χ1n) is 6.22. The summed E-state index contributed by atoms with van der Waals surface area (Å²) in [6.45, 7) is 3.03. The Bertz CT molecular complexity index is 508. The zero-order valence-corrected chi connectivity index (χ0v) is 11.5. The Morgan fingerprint density at radius 2 is 2.35 bits per heavy atom. The van der Waals surface area contributed by atoms with Crippen molar-refractivity contribution in [2.24, 2.45) is 0 Å². The average molecular weight is 279 g/mol. The normalized spacial score (nSPS) is 14.8. The fourth-order valence-corrected chi connectivity index (χ4v) is 1.86. The van der Waals surface area contributed by atoms with Gasteiger partial charge < -0.3 is 15.0 Å². The second kappa shape index (κ2) is 6.29. The summed E-state index contributed by atoms with van der Waals surface area (Å²) in [5.41, 5.74) is 1.22. The monoisotopic (exact) mass is 279 g/mol. The second-order valence-electron chi connectivity index (χ2n) is 4.45. The Hall–Kier alpha value is -2.22. The quantitative estimate of drug-likeness (QED) is 0.842. The van der Waals surface area contributed by atoms with Crippen molar-refractivity contribution in [3.8, 4) is 0 Å². The molecule has 0 radical (unpaired) electrons. The van der Waals surface area contributed by atoms with E-state index in [2.05, 4.69) is 15.5 Å². The van der Waals surface area contributed by atoms with Gasteiger partial charge in [0.15, 0.2) is 0 Å². The van der Waals surface area contributed by atoms with Crippen molar-refractivity contribution in [1.29, 1.82) is 0 Å². The number of aryl methyl sites for hydroxylation is 1. The largest absolute Gasteiger partial charge is 0.383 e. The summed E-state index contributed by atoms with van der Waals surface area (Å²) in [6, 6.07) is 1.34. The van der Waals surface area contributed by atoms with Crippen LogP contribution in [0.5, 0.6) is 0 Å². The maximum Gasteiger partial charge on any atom is 0.323 e. The Morgan fingerprint density at radius 1 is 1.55 bits per heavy atom. The molecule has 1 fully saturated rings. The molecule has 0 aliphatic carbocycles. The van der Waals surface area contributed by atoms with Crippen molar-refractivity contribution in [1.82, 2.24) is 20.0 Å². The number of carbonyl (C=O) groups is 2. The first kappa shape index (κ1) is 14.2. The molecule has 1 saturated heterocycles. The van der Waals surface area contributed by atoms with Crippen LogP contribution in [-0.2, 0) is 9.53 Å². The number of aromatic nitrogens is 2. The average Bonchev–Trinajstić information content (AvgIpc) is 2.80. The number of carbonyl (C=O) groups excluding carboxylic acids is 2. The number of urea groups is 1. The van der Waals surface area contributed by atoms with Gasteiger partial charge in [0, 0.05) is 13.7 Å². The van der Waals surface area contributed by atoms with Gasteiger partial charge >= 0.3 is 6.03 Å². The maximum absolute atomic E-state index is 12.1. The molecule has 1 aromatic rings. The molecule has 0 saturated carbocycles. The Labute approximate surface area is 116 Å². The van der Waals surface area contributed by atoms with Gasteiger partial charge in [-0.3, -0.25) is 9.69 Å². The third-order valence-corrected chi connectivity index (χ3v) is 3.02. The molecule has 0 atom stereocenters. The van der Waals surface area contributed by atoms with Crippen LogP contribution in [0.15, 0.2) is 12.3 Å². The van der Waals surface area contributed by atoms with Gasteiger partial charge in [0.1, 0.15) is 6.54 Å². The van der Waals surface area contributed by atoms with E-state index in [4.69, 9.17) is 4.74 Å². The van der Waals surface area contributed by atoms with E-state index in [1.807, 2.05) is 0 Å². The van der Waals surface area contributed by atoms with Crippen molar-refractivity contribution in [2.75, 3.05) is 38.8 Å². The first-order valence-corrected chi connectivity index (χ1v) is 6.22. The number of nitrogens with one attached hydrogen (secondary N) is 1. The zero-order valence-electron chi connectivity index (χ0n) is 11.5. The third-order valence-electron chi connectivity index (χ3n) is 3.02. The Morgan fingerprint density at radius 3 is 3.05 bits per heavy atom. The van der Waals surface area contributed by atoms with Gasteiger partial charge in [-0.15, -0.1) is 0 Å². The molecule has 2 heterocycles. The number of hydrogen-bond acceptors (Lipinski definition) is 5. The molecule has 1 aliphatic rings. The van der Waals surface area contributed by atoms with E-state index in [1.54, 1.807) is 25.0 Å². The minimum atomic E-state index is -0.325. The summed E-state index contributed by atoms with van der Waals surface area (Å²) in [6.07, 6.45) is 1.50. The smallest absolute Gasteiger partial charge is 0.323 e. The SMILES string of the molecule is COCCN1CN(C(=O)Nc2ccnnc2C)CC1=O. The standard InChI is InChI=1S/C12H17N5O3/c1-9-10(3-4-13-15-9)14-12(19)17-7-11(18)16(8-17)5-6-20-2/h3-4H,5-8H2,1-2H3,(H,13,14,19). The van der Waals surface area contributed by atoms with E-state index in [0.29, 0.717) is 24.5 Å². The van der Waals surface area contributed by atoms with Gasteiger partial charge in [-0.25, -0.2) is 4.79 Å². The minimum Gasteiger partial charge on any atom is -0.383 e. The van der Waals surface area contributed by atoms with Crippen LogP contribution in [0.4, 0.5) is 10.5 Å². The third kappa shape index (κ3) is 3.21. The highest BCUT2D eigenvalue weighted by molar-refractivity contribution is 5.94. The molecule has 1 aromatic heterocycles. The first-order chi connectivity index (χ1) is 9.61. The summed E-state index contributed by atoms with van der Waals surface area (Å²) in [7, 11) is 1.57. The van der Waals surface area contributed by atoms with Crippen molar-refractivity contribution in [2.45, 2.75) is 6.92 Å². The predicted octanol–water partition coefficient (Wildman–Crippen LogP) is 0.0650. The molecule has 3 amide bonds.